The number of aromatic nitrogens is 2. The third kappa shape index (κ3) is 5.00. The predicted molar refractivity (Wildman–Crippen MR) is 145 cm³/mol. The molecular formula is C29H23F2N5O5. The quantitative estimate of drug-likeness (QED) is 0.378. The van der Waals surface area contributed by atoms with Gasteiger partial charge in [0.1, 0.15) is 28.6 Å². The molecular weight excluding hydrogens is 536 g/mol. The van der Waals surface area contributed by atoms with Crippen molar-refractivity contribution in [1.82, 2.24) is 14.5 Å². The second kappa shape index (κ2) is 10.5. The molecule has 1 atom stereocenters. The lowest BCUT2D eigenvalue weighted by atomic mass is 9.98. The molecule has 41 heavy (non-hydrogen) atoms. The van der Waals surface area contributed by atoms with Crippen LogP contribution in [-0.2, 0) is 11.3 Å². The number of carbonyl (C=O) groups is 2. The number of nitrogens with one attached hydrogen (secondary N) is 1. The molecule has 4 heterocycles. The number of halogens is 2. The molecule has 2 aliphatic heterocycles. The van der Waals surface area contributed by atoms with E-state index in [9.17, 15) is 23.2 Å². The minimum atomic E-state index is -0.817. The van der Waals surface area contributed by atoms with E-state index in [2.05, 4.69) is 10.3 Å². The maximum absolute atomic E-state index is 14.8. The first-order valence-electron chi connectivity index (χ1n) is 12.7. The van der Waals surface area contributed by atoms with Crippen LogP contribution in [0.4, 0.5) is 20.3 Å². The summed E-state index contributed by atoms with van der Waals surface area (Å²) in [6.45, 7) is 1.13. The molecule has 2 aliphatic rings. The standard InChI is InChI=1S/C29H23F2N5O5/c30-17-4-2-16(3-5-17)25-26-29(39)36-10-1-11-40-24(36)15-35(26)14-20(27(25)37)28(38)34-18-6-7-22(21(31)12-18)41-19-8-9-33-23(32)13-19/h2-9,12-14,24H,1,10-11,15H2,(H2,32,33)(H,34,38). The van der Waals surface area contributed by atoms with Gasteiger partial charge in [0.15, 0.2) is 17.8 Å². The van der Waals surface area contributed by atoms with Crippen molar-refractivity contribution in [2.45, 2.75) is 19.2 Å². The Kier molecular flexibility index (Phi) is 6.67. The highest BCUT2D eigenvalue weighted by Crippen LogP contribution is 2.30. The van der Waals surface area contributed by atoms with Crippen molar-refractivity contribution >= 4 is 23.3 Å². The third-order valence-electron chi connectivity index (χ3n) is 6.85. The van der Waals surface area contributed by atoms with Gasteiger partial charge in [-0.3, -0.25) is 14.4 Å². The first kappa shape index (κ1) is 26.1. The number of nitrogens with two attached hydrogens (primary N) is 1. The van der Waals surface area contributed by atoms with Gasteiger partial charge >= 0.3 is 0 Å². The lowest BCUT2D eigenvalue weighted by molar-refractivity contribution is -0.0916. The largest absolute Gasteiger partial charge is 0.454 e. The van der Waals surface area contributed by atoms with Crippen LogP contribution in [0, 0.1) is 11.6 Å². The molecule has 10 nitrogen and oxygen atoms in total. The molecule has 0 aliphatic carbocycles. The Balaban J connectivity index is 1.35. The Labute approximate surface area is 231 Å². The minimum absolute atomic E-state index is 0.0294. The molecule has 0 spiro atoms. The first-order chi connectivity index (χ1) is 19.8. The number of anilines is 2. The Morgan fingerprint density at radius 1 is 1.10 bits per heavy atom. The highest BCUT2D eigenvalue weighted by molar-refractivity contribution is 6.07. The Morgan fingerprint density at radius 2 is 1.90 bits per heavy atom. The molecule has 0 saturated carbocycles. The van der Waals surface area contributed by atoms with Crippen molar-refractivity contribution in [3.8, 4) is 22.6 Å². The van der Waals surface area contributed by atoms with E-state index in [1.54, 1.807) is 4.90 Å². The van der Waals surface area contributed by atoms with E-state index in [0.717, 1.165) is 6.07 Å². The van der Waals surface area contributed by atoms with Crippen LogP contribution in [0.5, 0.6) is 11.5 Å². The third-order valence-corrected chi connectivity index (χ3v) is 6.85. The number of ether oxygens (including phenoxy) is 2. The molecule has 1 saturated heterocycles. The molecule has 0 bridgehead atoms. The van der Waals surface area contributed by atoms with Crippen LogP contribution >= 0.6 is 0 Å². The van der Waals surface area contributed by atoms with Crippen molar-refractivity contribution < 1.29 is 27.8 Å². The van der Waals surface area contributed by atoms with Gasteiger partial charge in [-0.05, 0) is 42.3 Å². The zero-order valence-electron chi connectivity index (χ0n) is 21.5. The number of carbonyl (C=O) groups excluding carboxylic acids is 2. The summed E-state index contributed by atoms with van der Waals surface area (Å²) < 4.78 is 41.3. The van der Waals surface area contributed by atoms with Crippen molar-refractivity contribution in [2.24, 2.45) is 0 Å². The van der Waals surface area contributed by atoms with Crippen LogP contribution < -0.4 is 21.2 Å². The molecule has 2 aromatic carbocycles. The van der Waals surface area contributed by atoms with Crippen LogP contribution in [0.1, 0.15) is 27.3 Å². The van der Waals surface area contributed by atoms with Crippen molar-refractivity contribution in [3.63, 3.8) is 0 Å². The summed E-state index contributed by atoms with van der Waals surface area (Å²) in [5.41, 5.74) is 5.03. The van der Waals surface area contributed by atoms with Gasteiger partial charge in [-0.25, -0.2) is 13.8 Å². The lowest BCUT2D eigenvalue weighted by Gasteiger charge is -2.41. The van der Waals surface area contributed by atoms with E-state index >= 15 is 0 Å². The van der Waals surface area contributed by atoms with Crippen LogP contribution in [0.15, 0.2) is 71.8 Å². The predicted octanol–water partition coefficient (Wildman–Crippen LogP) is 4.02. The summed E-state index contributed by atoms with van der Waals surface area (Å²) in [4.78, 5) is 46.0. The van der Waals surface area contributed by atoms with E-state index < -0.39 is 35.1 Å². The number of hydrogen-bond donors (Lipinski definition) is 2. The molecule has 1 unspecified atom stereocenters. The van der Waals surface area contributed by atoms with Gasteiger partial charge in [0.2, 0.25) is 5.43 Å². The van der Waals surface area contributed by atoms with Crippen LogP contribution in [0.2, 0.25) is 0 Å². The number of rotatable bonds is 5. The number of hydrogen-bond acceptors (Lipinski definition) is 7. The van der Waals surface area contributed by atoms with Crippen LogP contribution in [-0.4, -0.2) is 45.6 Å². The fraction of sp³-hybridized carbons (Fsp3) is 0.172. The zero-order chi connectivity index (χ0) is 28.7. The number of nitrogens with zero attached hydrogens (tertiary/aromatic N) is 3. The Hall–Kier alpha value is -5.10. The minimum Gasteiger partial charge on any atom is -0.454 e. The Bertz CT molecular complexity index is 1740. The molecule has 1 fully saturated rings. The van der Waals surface area contributed by atoms with Crippen LogP contribution in [0.3, 0.4) is 0 Å². The number of pyridine rings is 2. The summed E-state index contributed by atoms with van der Waals surface area (Å²) in [6.07, 6.45) is 2.81. The number of nitrogen functional groups attached to an aromatic ring is 1. The molecule has 3 N–H and O–H groups in total. The fourth-order valence-corrected chi connectivity index (χ4v) is 4.94. The van der Waals surface area contributed by atoms with E-state index in [1.807, 2.05) is 0 Å². The first-order valence-corrected chi connectivity index (χ1v) is 12.7. The summed E-state index contributed by atoms with van der Waals surface area (Å²) in [6, 6.07) is 11.8. The molecule has 6 rings (SSSR count). The van der Waals surface area contributed by atoms with Crippen LogP contribution in [0.25, 0.3) is 11.1 Å². The molecule has 0 radical (unpaired) electrons. The van der Waals surface area contributed by atoms with E-state index in [0.29, 0.717) is 19.6 Å². The molecule has 208 valence electrons. The van der Waals surface area contributed by atoms with Gasteiger partial charge in [0.05, 0.1) is 18.7 Å². The SMILES string of the molecule is Nc1cc(Oc2ccc(NC(=O)c3cn4c(c(-c5ccc(F)cc5)c3=O)C(=O)N3CCCOC3C4)cc2F)ccn1. The second-order valence-electron chi connectivity index (χ2n) is 9.55. The topological polar surface area (TPSA) is 129 Å². The van der Waals surface area contributed by atoms with Crippen molar-refractivity contribution in [1.29, 1.82) is 0 Å². The lowest BCUT2D eigenvalue weighted by Crippen LogP contribution is -2.53. The summed E-state index contributed by atoms with van der Waals surface area (Å²) in [5.74, 6) is -2.16. The van der Waals surface area contributed by atoms with Gasteiger partial charge in [0, 0.05) is 36.8 Å². The number of amides is 2. The highest BCUT2D eigenvalue weighted by atomic mass is 19.1. The van der Waals surface area contributed by atoms with Gasteiger partial charge in [0.25, 0.3) is 11.8 Å². The van der Waals surface area contributed by atoms with Crippen molar-refractivity contribution in [2.75, 3.05) is 24.2 Å². The number of benzene rings is 2. The molecule has 4 aromatic rings. The van der Waals surface area contributed by atoms with Crippen molar-refractivity contribution in [3.05, 3.63) is 100 Å². The van der Waals surface area contributed by atoms with Gasteiger partial charge in [-0.1, -0.05) is 12.1 Å². The maximum atomic E-state index is 14.8. The van der Waals surface area contributed by atoms with E-state index in [1.165, 1.54) is 65.5 Å². The molecule has 12 heteroatoms. The second-order valence-corrected chi connectivity index (χ2v) is 9.55. The zero-order valence-corrected chi connectivity index (χ0v) is 21.5. The van der Waals surface area contributed by atoms with Gasteiger partial charge in [-0.2, -0.15) is 0 Å². The Morgan fingerprint density at radius 3 is 2.66 bits per heavy atom. The smallest absolute Gasteiger partial charge is 0.273 e. The summed E-state index contributed by atoms with van der Waals surface area (Å²) in [7, 11) is 0. The average Bonchev–Trinajstić information content (AvgIpc) is 2.95. The summed E-state index contributed by atoms with van der Waals surface area (Å²) >= 11 is 0. The maximum Gasteiger partial charge on any atom is 0.273 e. The van der Waals surface area contributed by atoms with E-state index in [-0.39, 0.29) is 51.9 Å². The van der Waals surface area contributed by atoms with E-state index in [4.69, 9.17) is 15.2 Å². The summed E-state index contributed by atoms with van der Waals surface area (Å²) in [5, 5.41) is 2.54. The van der Waals surface area contributed by atoms with Gasteiger partial charge < -0.3 is 30.0 Å². The van der Waals surface area contributed by atoms with Gasteiger partial charge in [-0.15, -0.1) is 0 Å². The molecule has 2 aromatic heterocycles. The molecule has 2 amide bonds. The fourth-order valence-electron chi connectivity index (χ4n) is 4.94. The number of fused-ring (bicyclic) bond motifs is 2. The normalized spacial score (nSPS) is 16.1. The monoisotopic (exact) mass is 559 g/mol. The highest BCUT2D eigenvalue weighted by Gasteiger charge is 2.38. The average molecular weight is 560 g/mol.